The van der Waals surface area contributed by atoms with Gasteiger partial charge in [0.15, 0.2) is 0 Å². The van der Waals surface area contributed by atoms with E-state index in [1.807, 2.05) is 4.90 Å². The second-order valence-electron chi connectivity index (χ2n) is 6.60. The third-order valence-electron chi connectivity index (χ3n) is 4.87. The molecule has 0 bridgehead atoms. The van der Waals surface area contributed by atoms with Gasteiger partial charge in [-0.2, -0.15) is 0 Å². The zero-order valence-corrected chi connectivity index (χ0v) is 15.6. The van der Waals surface area contributed by atoms with Gasteiger partial charge in [-0.1, -0.05) is 0 Å². The van der Waals surface area contributed by atoms with Crippen molar-refractivity contribution in [1.29, 1.82) is 0 Å². The van der Waals surface area contributed by atoms with E-state index >= 15 is 0 Å². The van der Waals surface area contributed by atoms with Crippen LogP contribution in [0.4, 0.5) is 10.1 Å². The molecule has 136 valence electrons. The van der Waals surface area contributed by atoms with Gasteiger partial charge in [-0.3, -0.25) is 4.79 Å². The van der Waals surface area contributed by atoms with Crippen LogP contribution in [0.1, 0.15) is 19.8 Å². The van der Waals surface area contributed by atoms with Crippen LogP contribution in [0.5, 0.6) is 0 Å². The van der Waals surface area contributed by atoms with Crippen LogP contribution < -0.4 is 10.2 Å². The second kappa shape index (κ2) is 8.88. The number of nitrogens with one attached hydrogen (secondary N) is 1. The maximum absolute atomic E-state index is 13.0. The van der Waals surface area contributed by atoms with E-state index in [0.717, 1.165) is 57.8 Å². The number of carbonyl (C=O) groups is 1. The van der Waals surface area contributed by atoms with E-state index in [4.69, 9.17) is 0 Å². The molecular weight excluding hydrogens is 352 g/mol. The van der Waals surface area contributed by atoms with Crippen LogP contribution in [0.3, 0.4) is 0 Å². The van der Waals surface area contributed by atoms with Gasteiger partial charge in [0.2, 0.25) is 5.91 Å². The predicted octanol–water partition coefficient (Wildman–Crippen LogP) is 2.71. The maximum atomic E-state index is 13.0. The monoisotopic (exact) mass is 377 g/mol. The normalized spacial score (nSPS) is 23.9. The van der Waals surface area contributed by atoms with Gasteiger partial charge >= 0.3 is 0 Å². The molecule has 0 spiro atoms. The summed E-state index contributed by atoms with van der Waals surface area (Å²) in [4.78, 5) is 17.0. The smallest absolute Gasteiger partial charge is 0.229 e. The second-order valence-corrected chi connectivity index (χ2v) is 6.60. The first-order chi connectivity index (χ1) is 10.6. The summed E-state index contributed by atoms with van der Waals surface area (Å²) in [5.41, 5.74) is 0.773. The van der Waals surface area contributed by atoms with Crippen LogP contribution in [-0.4, -0.2) is 50.1 Å². The lowest BCUT2D eigenvalue weighted by Crippen LogP contribution is -2.55. The number of halogens is 3. The van der Waals surface area contributed by atoms with Crippen molar-refractivity contribution in [1.82, 2.24) is 10.2 Å². The van der Waals surface area contributed by atoms with Gasteiger partial charge in [0.1, 0.15) is 5.82 Å². The fourth-order valence-corrected chi connectivity index (χ4v) is 3.44. The molecule has 1 amide bonds. The number of hydrogen-bond donors (Lipinski definition) is 1. The minimum absolute atomic E-state index is 0. The van der Waals surface area contributed by atoms with Gasteiger partial charge in [0.25, 0.3) is 0 Å². The Morgan fingerprint density at radius 3 is 2.29 bits per heavy atom. The van der Waals surface area contributed by atoms with E-state index in [9.17, 15) is 9.18 Å². The molecule has 1 aromatic carbocycles. The summed E-state index contributed by atoms with van der Waals surface area (Å²) in [5.74, 6) is 0.0637. The number of amides is 1. The van der Waals surface area contributed by atoms with Crippen LogP contribution in [-0.2, 0) is 4.79 Å². The van der Waals surface area contributed by atoms with E-state index in [2.05, 4.69) is 17.1 Å². The molecule has 4 nitrogen and oxygen atoms in total. The summed E-state index contributed by atoms with van der Waals surface area (Å²) in [5, 5.41) is 3.34. The lowest BCUT2D eigenvalue weighted by atomic mass is 9.81. The average Bonchev–Trinajstić information content (AvgIpc) is 2.56. The van der Waals surface area contributed by atoms with Crippen LogP contribution >= 0.6 is 24.8 Å². The van der Waals surface area contributed by atoms with Crippen LogP contribution in [0.2, 0.25) is 0 Å². The van der Waals surface area contributed by atoms with E-state index in [1.54, 1.807) is 12.1 Å². The SMILES string of the molecule is CC1(C(=O)N2CCN(c3ccc(F)cc3)CC2)CCCNC1.Cl.Cl. The first kappa shape index (κ1) is 21.0. The molecule has 0 saturated carbocycles. The molecule has 2 aliphatic heterocycles. The van der Waals surface area contributed by atoms with Crippen molar-refractivity contribution in [3.8, 4) is 0 Å². The molecule has 2 fully saturated rings. The number of hydrogen-bond acceptors (Lipinski definition) is 3. The molecule has 2 aliphatic rings. The van der Waals surface area contributed by atoms with Crippen molar-refractivity contribution < 1.29 is 9.18 Å². The Balaban J connectivity index is 0.00000144. The largest absolute Gasteiger partial charge is 0.368 e. The zero-order chi connectivity index (χ0) is 15.6. The summed E-state index contributed by atoms with van der Waals surface area (Å²) in [6, 6.07) is 6.58. The lowest BCUT2D eigenvalue weighted by molar-refractivity contribution is -0.142. The average molecular weight is 378 g/mol. The van der Waals surface area contributed by atoms with Crippen LogP contribution in [0.15, 0.2) is 24.3 Å². The highest BCUT2D eigenvalue weighted by molar-refractivity contribution is 5.85. The molecule has 1 unspecified atom stereocenters. The number of carbonyl (C=O) groups excluding carboxylic acids is 1. The molecule has 1 atom stereocenters. The Kier molecular flexibility index (Phi) is 7.77. The first-order valence-electron chi connectivity index (χ1n) is 8.09. The third kappa shape index (κ3) is 4.52. The van der Waals surface area contributed by atoms with Crippen LogP contribution in [0.25, 0.3) is 0 Å². The van der Waals surface area contributed by atoms with Crippen molar-refractivity contribution in [2.75, 3.05) is 44.2 Å². The van der Waals surface area contributed by atoms with Crippen molar-refractivity contribution >= 4 is 36.4 Å². The maximum Gasteiger partial charge on any atom is 0.229 e. The summed E-state index contributed by atoms with van der Waals surface area (Å²) in [6.45, 7) is 6.97. The summed E-state index contributed by atoms with van der Waals surface area (Å²) in [7, 11) is 0. The molecule has 7 heteroatoms. The molecule has 0 radical (unpaired) electrons. The quantitative estimate of drug-likeness (QED) is 0.860. The molecular formula is C17H26Cl2FN3O. The Labute approximate surface area is 155 Å². The summed E-state index contributed by atoms with van der Waals surface area (Å²) < 4.78 is 13.0. The van der Waals surface area contributed by atoms with Crippen molar-refractivity contribution in [2.45, 2.75) is 19.8 Å². The molecule has 2 saturated heterocycles. The van der Waals surface area contributed by atoms with Gasteiger partial charge in [-0.15, -0.1) is 24.8 Å². The van der Waals surface area contributed by atoms with Crippen molar-refractivity contribution in [2.24, 2.45) is 5.41 Å². The molecule has 3 rings (SSSR count). The number of nitrogens with zero attached hydrogens (tertiary/aromatic N) is 2. The summed E-state index contributed by atoms with van der Waals surface area (Å²) >= 11 is 0. The molecule has 2 heterocycles. The lowest BCUT2D eigenvalue weighted by Gasteiger charge is -2.42. The predicted molar refractivity (Wildman–Crippen MR) is 99.9 cm³/mol. The number of benzene rings is 1. The van der Waals surface area contributed by atoms with E-state index in [-0.39, 0.29) is 42.0 Å². The number of piperazine rings is 1. The minimum atomic E-state index is -0.254. The van der Waals surface area contributed by atoms with Crippen molar-refractivity contribution in [3.05, 3.63) is 30.1 Å². The molecule has 0 aliphatic carbocycles. The molecule has 0 aromatic heterocycles. The van der Waals surface area contributed by atoms with Gasteiger partial charge in [0.05, 0.1) is 5.41 Å². The molecule has 1 aromatic rings. The highest BCUT2D eigenvalue weighted by Crippen LogP contribution is 2.29. The number of rotatable bonds is 2. The van der Waals surface area contributed by atoms with Crippen LogP contribution in [0, 0.1) is 11.2 Å². The zero-order valence-electron chi connectivity index (χ0n) is 14.0. The highest BCUT2D eigenvalue weighted by atomic mass is 35.5. The van der Waals surface area contributed by atoms with Crippen molar-refractivity contribution in [3.63, 3.8) is 0 Å². The Morgan fingerprint density at radius 1 is 1.12 bits per heavy atom. The van der Waals surface area contributed by atoms with E-state index in [1.165, 1.54) is 12.1 Å². The van der Waals surface area contributed by atoms with Gasteiger partial charge in [-0.05, 0) is 50.6 Å². The number of anilines is 1. The van der Waals surface area contributed by atoms with Gasteiger partial charge in [0, 0.05) is 38.4 Å². The topological polar surface area (TPSA) is 35.6 Å². The third-order valence-corrected chi connectivity index (χ3v) is 4.87. The fraction of sp³-hybridized carbons (Fsp3) is 0.588. The minimum Gasteiger partial charge on any atom is -0.368 e. The highest BCUT2D eigenvalue weighted by Gasteiger charge is 2.38. The van der Waals surface area contributed by atoms with E-state index < -0.39 is 0 Å². The van der Waals surface area contributed by atoms with E-state index in [0.29, 0.717) is 0 Å². The molecule has 1 N–H and O–H groups in total. The van der Waals surface area contributed by atoms with Gasteiger partial charge < -0.3 is 15.1 Å². The first-order valence-corrected chi connectivity index (χ1v) is 8.09. The Hall–Kier alpha value is -1.04. The standard InChI is InChI=1S/C17H24FN3O.2ClH/c1-17(7-2-8-19-13-17)16(22)21-11-9-20(10-12-21)15-5-3-14(18)4-6-15;;/h3-6,19H,2,7-13H2,1H3;2*1H. The number of piperidine rings is 1. The Morgan fingerprint density at radius 2 is 1.75 bits per heavy atom. The molecule has 24 heavy (non-hydrogen) atoms. The van der Waals surface area contributed by atoms with Gasteiger partial charge in [-0.25, -0.2) is 4.39 Å². The Bertz CT molecular complexity index is 527. The summed E-state index contributed by atoms with van der Waals surface area (Å²) in [6.07, 6.45) is 2.04. The fourth-order valence-electron chi connectivity index (χ4n) is 3.44.